The minimum Gasteiger partial charge on any atom is -0.374 e. The van der Waals surface area contributed by atoms with Gasteiger partial charge >= 0.3 is 0 Å². The van der Waals surface area contributed by atoms with Crippen molar-refractivity contribution < 1.29 is 9.59 Å². The third-order valence-corrected chi connectivity index (χ3v) is 2.53. The molecule has 3 N–H and O–H groups in total. The number of amides is 2. The summed E-state index contributed by atoms with van der Waals surface area (Å²) in [6.45, 7) is 5.98. The Hall–Kier alpha value is -2.04. The molecular weight excluding hydrogens is 242 g/mol. The van der Waals surface area contributed by atoms with E-state index in [0.29, 0.717) is 6.54 Å². The largest absolute Gasteiger partial charge is 0.374 e. The maximum atomic E-state index is 11.7. The van der Waals surface area contributed by atoms with Crippen molar-refractivity contribution in [2.24, 2.45) is 0 Å². The van der Waals surface area contributed by atoms with Crippen LogP contribution in [0.15, 0.2) is 24.3 Å². The van der Waals surface area contributed by atoms with Crippen molar-refractivity contribution >= 4 is 23.2 Å². The molecule has 1 aromatic rings. The normalized spacial score (nSPS) is 11.5. The van der Waals surface area contributed by atoms with E-state index >= 15 is 0 Å². The van der Waals surface area contributed by atoms with Crippen LogP contribution in [0.1, 0.15) is 27.2 Å². The van der Waals surface area contributed by atoms with Gasteiger partial charge in [0, 0.05) is 24.8 Å². The fraction of sp³-hybridized carbons (Fsp3) is 0.429. The standard InChI is InChI=1S/C14H21N3O2/c1-4-9-15-14(19)10(2)16-12-5-7-13(8-6-12)17-11(3)18/h5-8,10,16H,4,9H2,1-3H3,(H,15,19)(H,17,18). The van der Waals surface area contributed by atoms with Crippen LogP contribution < -0.4 is 16.0 Å². The molecule has 0 aromatic heterocycles. The van der Waals surface area contributed by atoms with E-state index in [1.54, 1.807) is 12.1 Å². The van der Waals surface area contributed by atoms with E-state index in [-0.39, 0.29) is 17.9 Å². The number of hydrogen-bond donors (Lipinski definition) is 3. The Labute approximate surface area is 113 Å². The summed E-state index contributed by atoms with van der Waals surface area (Å²) in [7, 11) is 0. The number of nitrogens with one attached hydrogen (secondary N) is 3. The molecule has 0 aliphatic heterocycles. The second-order valence-electron chi connectivity index (χ2n) is 4.42. The minimum atomic E-state index is -0.293. The van der Waals surface area contributed by atoms with Crippen molar-refractivity contribution in [1.29, 1.82) is 0 Å². The molecule has 1 aromatic carbocycles. The highest BCUT2D eigenvalue weighted by molar-refractivity contribution is 5.89. The van der Waals surface area contributed by atoms with Crippen LogP contribution in [0.4, 0.5) is 11.4 Å². The molecule has 5 nitrogen and oxygen atoms in total. The number of anilines is 2. The Kier molecular flexibility index (Phi) is 5.85. The molecule has 104 valence electrons. The van der Waals surface area contributed by atoms with Gasteiger partial charge in [0.1, 0.15) is 6.04 Å². The van der Waals surface area contributed by atoms with E-state index in [2.05, 4.69) is 16.0 Å². The van der Waals surface area contributed by atoms with Gasteiger partial charge in [-0.25, -0.2) is 0 Å². The van der Waals surface area contributed by atoms with Crippen molar-refractivity contribution in [1.82, 2.24) is 5.32 Å². The molecule has 0 bridgehead atoms. The summed E-state index contributed by atoms with van der Waals surface area (Å²) in [4.78, 5) is 22.6. The molecule has 2 amide bonds. The SMILES string of the molecule is CCCNC(=O)C(C)Nc1ccc(NC(C)=O)cc1. The van der Waals surface area contributed by atoms with E-state index in [0.717, 1.165) is 17.8 Å². The smallest absolute Gasteiger partial charge is 0.242 e. The lowest BCUT2D eigenvalue weighted by Crippen LogP contribution is -2.37. The minimum absolute atomic E-state index is 0.0206. The first-order chi connectivity index (χ1) is 9.02. The average molecular weight is 263 g/mol. The lowest BCUT2D eigenvalue weighted by atomic mass is 10.2. The Bertz CT molecular complexity index is 429. The molecular formula is C14H21N3O2. The lowest BCUT2D eigenvalue weighted by Gasteiger charge is -2.15. The summed E-state index contributed by atoms with van der Waals surface area (Å²) >= 11 is 0. The number of hydrogen-bond acceptors (Lipinski definition) is 3. The quantitative estimate of drug-likeness (QED) is 0.735. The zero-order valence-corrected chi connectivity index (χ0v) is 11.6. The molecule has 0 aliphatic rings. The van der Waals surface area contributed by atoms with Crippen LogP contribution in [0.25, 0.3) is 0 Å². The van der Waals surface area contributed by atoms with Gasteiger partial charge in [-0.1, -0.05) is 6.92 Å². The van der Waals surface area contributed by atoms with Gasteiger partial charge in [-0.2, -0.15) is 0 Å². The predicted molar refractivity (Wildman–Crippen MR) is 77.1 cm³/mol. The Morgan fingerprint density at radius 2 is 1.74 bits per heavy atom. The maximum absolute atomic E-state index is 11.7. The topological polar surface area (TPSA) is 70.2 Å². The van der Waals surface area contributed by atoms with E-state index in [1.807, 2.05) is 26.0 Å². The van der Waals surface area contributed by atoms with Crippen molar-refractivity contribution in [3.63, 3.8) is 0 Å². The lowest BCUT2D eigenvalue weighted by molar-refractivity contribution is -0.121. The first-order valence-electron chi connectivity index (χ1n) is 6.44. The van der Waals surface area contributed by atoms with Gasteiger partial charge < -0.3 is 16.0 Å². The van der Waals surface area contributed by atoms with Gasteiger partial charge in [0.25, 0.3) is 0 Å². The molecule has 0 saturated heterocycles. The second kappa shape index (κ2) is 7.41. The van der Waals surface area contributed by atoms with Crippen molar-refractivity contribution in [2.45, 2.75) is 33.2 Å². The van der Waals surface area contributed by atoms with Gasteiger partial charge in [-0.05, 0) is 37.6 Å². The van der Waals surface area contributed by atoms with Crippen LogP contribution in [-0.2, 0) is 9.59 Å². The molecule has 0 spiro atoms. The predicted octanol–water partition coefficient (Wildman–Crippen LogP) is 1.97. The third-order valence-electron chi connectivity index (χ3n) is 2.53. The van der Waals surface area contributed by atoms with Crippen LogP contribution in [-0.4, -0.2) is 24.4 Å². The van der Waals surface area contributed by atoms with E-state index in [4.69, 9.17) is 0 Å². The number of carbonyl (C=O) groups is 2. The fourth-order valence-corrected chi connectivity index (χ4v) is 1.57. The molecule has 0 aliphatic carbocycles. The monoisotopic (exact) mass is 263 g/mol. The molecule has 1 rings (SSSR count). The average Bonchev–Trinajstić information content (AvgIpc) is 2.37. The zero-order chi connectivity index (χ0) is 14.3. The summed E-state index contributed by atoms with van der Waals surface area (Å²) in [5, 5.41) is 8.63. The van der Waals surface area contributed by atoms with Crippen molar-refractivity contribution in [2.75, 3.05) is 17.2 Å². The molecule has 0 radical (unpaired) electrons. The number of carbonyl (C=O) groups excluding carboxylic acids is 2. The van der Waals surface area contributed by atoms with Crippen LogP contribution in [0.5, 0.6) is 0 Å². The first-order valence-corrected chi connectivity index (χ1v) is 6.44. The summed E-state index contributed by atoms with van der Waals surface area (Å²) in [6.07, 6.45) is 0.921. The number of benzene rings is 1. The van der Waals surface area contributed by atoms with Gasteiger partial charge in [-0.15, -0.1) is 0 Å². The summed E-state index contributed by atoms with van der Waals surface area (Å²) < 4.78 is 0. The molecule has 0 heterocycles. The number of rotatable bonds is 6. The first kappa shape index (κ1) is 15.0. The highest BCUT2D eigenvalue weighted by Gasteiger charge is 2.11. The van der Waals surface area contributed by atoms with Gasteiger partial charge in [0.15, 0.2) is 0 Å². The Balaban J connectivity index is 2.52. The van der Waals surface area contributed by atoms with Crippen LogP contribution in [0, 0.1) is 0 Å². The third kappa shape index (κ3) is 5.42. The molecule has 0 fully saturated rings. The Morgan fingerprint density at radius 3 is 2.26 bits per heavy atom. The van der Waals surface area contributed by atoms with E-state index in [9.17, 15) is 9.59 Å². The van der Waals surface area contributed by atoms with E-state index in [1.165, 1.54) is 6.92 Å². The molecule has 19 heavy (non-hydrogen) atoms. The molecule has 1 atom stereocenters. The highest BCUT2D eigenvalue weighted by atomic mass is 16.2. The zero-order valence-electron chi connectivity index (χ0n) is 11.6. The molecule has 0 saturated carbocycles. The highest BCUT2D eigenvalue weighted by Crippen LogP contribution is 2.14. The summed E-state index contributed by atoms with van der Waals surface area (Å²) in [5.41, 5.74) is 1.58. The van der Waals surface area contributed by atoms with Gasteiger partial charge in [0.05, 0.1) is 0 Å². The Morgan fingerprint density at radius 1 is 1.16 bits per heavy atom. The summed E-state index contributed by atoms with van der Waals surface area (Å²) in [6, 6.07) is 6.95. The summed E-state index contributed by atoms with van der Waals surface area (Å²) in [5.74, 6) is -0.124. The van der Waals surface area contributed by atoms with Gasteiger partial charge in [-0.3, -0.25) is 9.59 Å². The van der Waals surface area contributed by atoms with Crippen LogP contribution in [0.2, 0.25) is 0 Å². The van der Waals surface area contributed by atoms with Crippen molar-refractivity contribution in [3.05, 3.63) is 24.3 Å². The van der Waals surface area contributed by atoms with Crippen LogP contribution in [0.3, 0.4) is 0 Å². The van der Waals surface area contributed by atoms with Crippen LogP contribution >= 0.6 is 0 Å². The molecule has 1 unspecified atom stereocenters. The van der Waals surface area contributed by atoms with Crippen molar-refractivity contribution in [3.8, 4) is 0 Å². The maximum Gasteiger partial charge on any atom is 0.242 e. The molecule has 5 heteroatoms. The van der Waals surface area contributed by atoms with E-state index < -0.39 is 0 Å². The van der Waals surface area contributed by atoms with Gasteiger partial charge in [0.2, 0.25) is 11.8 Å². The second-order valence-corrected chi connectivity index (χ2v) is 4.42. The fourth-order valence-electron chi connectivity index (χ4n) is 1.57.